The number of esters is 1. The summed E-state index contributed by atoms with van der Waals surface area (Å²) in [5.41, 5.74) is 0.939. The molecule has 0 amide bonds. The second kappa shape index (κ2) is 9.16. The standard InChI is InChI=1S/C17H17Cl2NO3S/c1-2-23-16(22)8-12(7-14(21)9-18)15-10-20-17(24-15)11-3-5-13(19)6-4-11/h3-6,10,12H,2,7-9H2,1H3. The van der Waals surface area contributed by atoms with Crippen molar-refractivity contribution in [2.75, 3.05) is 12.5 Å². The van der Waals surface area contributed by atoms with Crippen LogP contribution in [-0.2, 0) is 14.3 Å². The van der Waals surface area contributed by atoms with Crippen LogP contribution in [0.25, 0.3) is 10.6 Å². The first kappa shape index (κ1) is 18.9. The van der Waals surface area contributed by atoms with E-state index in [1.807, 2.05) is 12.1 Å². The van der Waals surface area contributed by atoms with E-state index in [1.165, 1.54) is 11.3 Å². The molecule has 0 fully saturated rings. The number of thiazole rings is 1. The third-order valence-corrected chi connectivity index (χ3v) is 5.12. The Labute approximate surface area is 154 Å². The van der Waals surface area contributed by atoms with Crippen molar-refractivity contribution in [1.82, 2.24) is 4.98 Å². The number of nitrogens with zero attached hydrogens (tertiary/aromatic N) is 1. The predicted octanol–water partition coefficient (Wildman–Crippen LogP) is 4.70. The van der Waals surface area contributed by atoms with Crippen LogP contribution in [0.5, 0.6) is 0 Å². The minimum Gasteiger partial charge on any atom is -0.466 e. The second-order valence-electron chi connectivity index (χ2n) is 5.16. The van der Waals surface area contributed by atoms with Crippen molar-refractivity contribution in [3.05, 3.63) is 40.4 Å². The zero-order chi connectivity index (χ0) is 17.5. The fraction of sp³-hybridized carbons (Fsp3) is 0.353. The summed E-state index contributed by atoms with van der Waals surface area (Å²) in [6.07, 6.45) is 2.04. The normalized spacial score (nSPS) is 12.0. The first-order chi connectivity index (χ1) is 11.5. The number of hydrogen-bond donors (Lipinski definition) is 0. The van der Waals surface area contributed by atoms with E-state index in [-0.39, 0.29) is 36.4 Å². The van der Waals surface area contributed by atoms with Gasteiger partial charge >= 0.3 is 5.97 Å². The van der Waals surface area contributed by atoms with Gasteiger partial charge in [-0.25, -0.2) is 4.98 Å². The zero-order valence-electron chi connectivity index (χ0n) is 13.1. The molecule has 1 aromatic carbocycles. The Morgan fingerprint density at radius 1 is 1.25 bits per heavy atom. The highest BCUT2D eigenvalue weighted by Crippen LogP contribution is 2.34. The molecular formula is C17H17Cl2NO3S. The van der Waals surface area contributed by atoms with E-state index in [1.54, 1.807) is 25.3 Å². The van der Waals surface area contributed by atoms with Gasteiger partial charge in [-0.1, -0.05) is 23.7 Å². The van der Waals surface area contributed by atoms with Gasteiger partial charge < -0.3 is 4.74 Å². The lowest BCUT2D eigenvalue weighted by Crippen LogP contribution is -2.14. The highest BCUT2D eigenvalue weighted by Gasteiger charge is 2.22. The summed E-state index contributed by atoms with van der Waals surface area (Å²) in [6.45, 7) is 2.07. The molecule has 0 aliphatic rings. The van der Waals surface area contributed by atoms with Gasteiger partial charge in [-0.3, -0.25) is 9.59 Å². The van der Waals surface area contributed by atoms with Gasteiger partial charge in [0.1, 0.15) is 10.8 Å². The average Bonchev–Trinajstić information content (AvgIpc) is 3.05. The molecule has 1 heterocycles. The van der Waals surface area contributed by atoms with E-state index in [9.17, 15) is 9.59 Å². The van der Waals surface area contributed by atoms with Crippen LogP contribution in [0.4, 0.5) is 0 Å². The highest BCUT2D eigenvalue weighted by molar-refractivity contribution is 7.15. The van der Waals surface area contributed by atoms with Crippen molar-refractivity contribution in [1.29, 1.82) is 0 Å². The van der Waals surface area contributed by atoms with E-state index in [0.717, 1.165) is 15.4 Å². The van der Waals surface area contributed by atoms with E-state index in [0.29, 0.717) is 11.6 Å². The van der Waals surface area contributed by atoms with Gasteiger partial charge in [0.15, 0.2) is 0 Å². The summed E-state index contributed by atoms with van der Waals surface area (Å²) in [5, 5.41) is 1.47. The molecule has 7 heteroatoms. The highest BCUT2D eigenvalue weighted by atomic mass is 35.5. The lowest BCUT2D eigenvalue weighted by molar-refractivity contribution is -0.143. The smallest absolute Gasteiger partial charge is 0.306 e. The van der Waals surface area contributed by atoms with Crippen molar-refractivity contribution in [2.24, 2.45) is 0 Å². The number of carbonyl (C=O) groups is 2. The first-order valence-electron chi connectivity index (χ1n) is 7.48. The third-order valence-electron chi connectivity index (χ3n) is 3.36. The maximum Gasteiger partial charge on any atom is 0.306 e. The summed E-state index contributed by atoms with van der Waals surface area (Å²) >= 11 is 13.0. The molecule has 2 rings (SSSR count). The number of ketones is 1. The van der Waals surface area contributed by atoms with Gasteiger partial charge in [0, 0.05) is 34.0 Å². The topological polar surface area (TPSA) is 56.3 Å². The molecule has 24 heavy (non-hydrogen) atoms. The molecule has 0 saturated carbocycles. The molecule has 0 N–H and O–H groups in total. The van der Waals surface area contributed by atoms with Crippen LogP contribution in [0, 0.1) is 0 Å². The van der Waals surface area contributed by atoms with Gasteiger partial charge in [0.25, 0.3) is 0 Å². The van der Waals surface area contributed by atoms with Gasteiger partial charge in [-0.15, -0.1) is 22.9 Å². The van der Waals surface area contributed by atoms with Crippen molar-refractivity contribution in [3.8, 4) is 10.6 Å². The maximum atomic E-state index is 11.8. The quantitative estimate of drug-likeness (QED) is 0.488. The van der Waals surface area contributed by atoms with Crippen molar-refractivity contribution in [2.45, 2.75) is 25.7 Å². The molecule has 0 bridgehead atoms. The number of aromatic nitrogens is 1. The Bertz CT molecular complexity index is 700. The van der Waals surface area contributed by atoms with E-state index < -0.39 is 0 Å². The molecule has 1 unspecified atom stereocenters. The Hall–Kier alpha value is -1.43. The number of carbonyl (C=O) groups excluding carboxylic acids is 2. The summed E-state index contributed by atoms with van der Waals surface area (Å²) in [5.74, 6) is -0.769. The molecule has 0 spiro atoms. The molecule has 128 valence electrons. The van der Waals surface area contributed by atoms with Gasteiger partial charge in [-0.2, -0.15) is 0 Å². The summed E-state index contributed by atoms with van der Waals surface area (Å²) < 4.78 is 5.00. The monoisotopic (exact) mass is 385 g/mol. The van der Waals surface area contributed by atoms with Crippen LogP contribution in [0.2, 0.25) is 5.02 Å². The van der Waals surface area contributed by atoms with E-state index >= 15 is 0 Å². The Kier molecular flexibility index (Phi) is 7.21. The number of alkyl halides is 1. The predicted molar refractivity (Wildman–Crippen MR) is 96.9 cm³/mol. The van der Waals surface area contributed by atoms with Crippen LogP contribution >= 0.6 is 34.5 Å². The minimum atomic E-state index is -0.327. The van der Waals surface area contributed by atoms with Crippen LogP contribution in [-0.4, -0.2) is 29.2 Å². The number of hydrogen-bond acceptors (Lipinski definition) is 5. The molecule has 1 aromatic heterocycles. The summed E-state index contributed by atoms with van der Waals surface area (Å²) in [6, 6.07) is 7.36. The van der Waals surface area contributed by atoms with Gasteiger partial charge in [0.2, 0.25) is 0 Å². The van der Waals surface area contributed by atoms with Crippen LogP contribution in [0.15, 0.2) is 30.5 Å². The maximum absolute atomic E-state index is 11.8. The minimum absolute atomic E-state index is 0.0673. The molecule has 0 aliphatic heterocycles. The van der Waals surface area contributed by atoms with Crippen LogP contribution < -0.4 is 0 Å². The van der Waals surface area contributed by atoms with Gasteiger partial charge in [0.05, 0.1) is 18.9 Å². The first-order valence-corrected chi connectivity index (χ1v) is 9.21. The van der Waals surface area contributed by atoms with Crippen molar-refractivity contribution < 1.29 is 14.3 Å². The fourth-order valence-electron chi connectivity index (χ4n) is 2.23. The number of rotatable bonds is 8. The third kappa shape index (κ3) is 5.30. The van der Waals surface area contributed by atoms with Crippen molar-refractivity contribution >= 4 is 46.3 Å². The van der Waals surface area contributed by atoms with Crippen molar-refractivity contribution in [3.63, 3.8) is 0 Å². The number of benzene rings is 1. The molecule has 0 saturated heterocycles. The zero-order valence-corrected chi connectivity index (χ0v) is 15.5. The molecular weight excluding hydrogens is 369 g/mol. The Morgan fingerprint density at radius 3 is 2.58 bits per heavy atom. The Balaban J connectivity index is 2.20. The number of ether oxygens (including phenoxy) is 1. The Morgan fingerprint density at radius 2 is 1.96 bits per heavy atom. The molecule has 2 aromatic rings. The largest absolute Gasteiger partial charge is 0.466 e. The lowest BCUT2D eigenvalue weighted by atomic mass is 9.98. The number of halogens is 2. The average molecular weight is 386 g/mol. The SMILES string of the molecule is CCOC(=O)CC(CC(=O)CCl)c1cnc(-c2ccc(Cl)cc2)s1. The molecule has 0 aliphatic carbocycles. The molecule has 0 radical (unpaired) electrons. The lowest BCUT2D eigenvalue weighted by Gasteiger charge is -2.12. The van der Waals surface area contributed by atoms with E-state index in [4.69, 9.17) is 27.9 Å². The fourth-order valence-corrected chi connectivity index (χ4v) is 3.48. The van der Waals surface area contributed by atoms with Crippen LogP contribution in [0.3, 0.4) is 0 Å². The summed E-state index contributed by atoms with van der Waals surface area (Å²) in [4.78, 5) is 28.8. The molecule has 4 nitrogen and oxygen atoms in total. The van der Waals surface area contributed by atoms with Gasteiger partial charge in [-0.05, 0) is 19.1 Å². The van der Waals surface area contributed by atoms with E-state index in [2.05, 4.69) is 4.98 Å². The van der Waals surface area contributed by atoms with Crippen LogP contribution in [0.1, 0.15) is 30.6 Å². The second-order valence-corrected chi connectivity index (χ2v) is 6.92. The molecule has 1 atom stereocenters. The number of Topliss-reactive ketones (excluding diaryl/α,β-unsaturated/α-hetero) is 1. The summed E-state index contributed by atoms with van der Waals surface area (Å²) in [7, 11) is 0.